The van der Waals surface area contributed by atoms with Crippen molar-refractivity contribution in [3.63, 3.8) is 0 Å². The highest BCUT2D eigenvalue weighted by Crippen LogP contribution is 2.17. The molecule has 0 N–H and O–H groups in total. The van der Waals surface area contributed by atoms with Gasteiger partial charge in [0.15, 0.2) is 0 Å². The molecule has 0 radical (unpaired) electrons. The topological polar surface area (TPSA) is 26.3 Å². The van der Waals surface area contributed by atoms with E-state index >= 15 is 0 Å². The maximum absolute atomic E-state index is 10.9. The molecule has 0 saturated heterocycles. The lowest BCUT2D eigenvalue weighted by molar-refractivity contribution is -0.139. The van der Waals surface area contributed by atoms with Gasteiger partial charge in [-0.2, -0.15) is 0 Å². The second-order valence-corrected chi connectivity index (χ2v) is 3.87. The fraction of sp³-hybridized carbons (Fsp3) is 0.300. The summed E-state index contributed by atoms with van der Waals surface area (Å²) < 4.78 is 4.57. The van der Waals surface area contributed by atoms with Crippen molar-refractivity contribution in [2.45, 2.75) is 12.8 Å². The minimum absolute atomic E-state index is 0.188. The highest BCUT2D eigenvalue weighted by Gasteiger charge is 2.04. The Kier molecular flexibility index (Phi) is 3.71. The molecule has 0 spiro atoms. The maximum atomic E-state index is 10.9. The highest BCUT2D eigenvalue weighted by atomic mass is 32.1. The molecule has 0 aliphatic heterocycles. The lowest BCUT2D eigenvalue weighted by Gasteiger charge is -1.94. The number of hydrogen-bond acceptors (Lipinski definition) is 3. The van der Waals surface area contributed by atoms with Crippen LogP contribution >= 0.6 is 11.3 Å². The summed E-state index contributed by atoms with van der Waals surface area (Å²) >= 11 is 1.63. The molecular weight excluding hydrogens is 184 g/mol. The lowest BCUT2D eigenvalue weighted by Crippen LogP contribution is -2.02. The third kappa shape index (κ3) is 3.03. The molecule has 0 fully saturated rings. The Hall–Kier alpha value is -1.09. The number of carbonyl (C=O) groups excluding carboxylic acids is 1. The quantitative estimate of drug-likeness (QED) is 0.545. The van der Waals surface area contributed by atoms with Crippen LogP contribution in [0.1, 0.15) is 9.75 Å². The molecule has 0 aromatic carbocycles. The van der Waals surface area contributed by atoms with E-state index in [1.807, 2.05) is 18.2 Å². The molecule has 3 heteroatoms. The number of allylic oxidation sites excluding steroid dienone is 1. The van der Waals surface area contributed by atoms with E-state index in [1.54, 1.807) is 11.3 Å². The Labute approximate surface area is 81.8 Å². The van der Waals surface area contributed by atoms with Crippen molar-refractivity contribution in [1.29, 1.82) is 0 Å². The maximum Gasteiger partial charge on any atom is 0.310 e. The fourth-order valence-corrected chi connectivity index (χ4v) is 1.98. The molecular formula is C10H12O2S. The molecule has 1 aromatic rings. The van der Waals surface area contributed by atoms with Gasteiger partial charge in [-0.15, -0.1) is 17.9 Å². The molecule has 0 saturated carbocycles. The fourth-order valence-electron chi connectivity index (χ4n) is 0.984. The van der Waals surface area contributed by atoms with E-state index in [1.165, 1.54) is 12.0 Å². The summed E-state index contributed by atoms with van der Waals surface area (Å²) in [5.41, 5.74) is 0. The second-order valence-electron chi connectivity index (χ2n) is 2.61. The van der Waals surface area contributed by atoms with E-state index in [4.69, 9.17) is 0 Å². The molecule has 0 atom stereocenters. The number of hydrogen-bond donors (Lipinski definition) is 0. The van der Waals surface area contributed by atoms with Crippen molar-refractivity contribution < 1.29 is 9.53 Å². The van der Waals surface area contributed by atoms with E-state index < -0.39 is 0 Å². The van der Waals surface area contributed by atoms with E-state index in [2.05, 4.69) is 11.3 Å². The molecule has 2 nitrogen and oxygen atoms in total. The Morgan fingerprint density at radius 3 is 2.92 bits per heavy atom. The molecule has 1 heterocycles. The number of ether oxygens (including phenoxy) is 1. The Morgan fingerprint density at radius 2 is 2.31 bits per heavy atom. The summed E-state index contributed by atoms with van der Waals surface area (Å²) in [7, 11) is 1.40. The van der Waals surface area contributed by atoms with Gasteiger partial charge in [-0.3, -0.25) is 4.79 Å². The van der Waals surface area contributed by atoms with Gasteiger partial charge < -0.3 is 4.74 Å². The van der Waals surface area contributed by atoms with Gasteiger partial charge in [0, 0.05) is 9.75 Å². The molecule has 0 amide bonds. The van der Waals surface area contributed by atoms with Crippen LogP contribution in [0.5, 0.6) is 0 Å². The van der Waals surface area contributed by atoms with Crippen LogP contribution in [-0.2, 0) is 22.4 Å². The SMILES string of the molecule is C=CCc1ccc(CC(=O)OC)s1. The van der Waals surface area contributed by atoms with Gasteiger partial charge in [0.1, 0.15) is 0 Å². The normalized spacial score (nSPS) is 9.62. The third-order valence-corrected chi connectivity index (χ3v) is 2.72. The van der Waals surface area contributed by atoms with Gasteiger partial charge in [-0.1, -0.05) is 6.08 Å². The van der Waals surface area contributed by atoms with E-state index in [9.17, 15) is 4.79 Å². The zero-order valence-electron chi connectivity index (χ0n) is 7.58. The molecule has 70 valence electrons. The van der Waals surface area contributed by atoms with Crippen LogP contribution in [-0.4, -0.2) is 13.1 Å². The van der Waals surface area contributed by atoms with Gasteiger partial charge in [-0.05, 0) is 18.6 Å². The van der Waals surface area contributed by atoms with Gasteiger partial charge in [0.25, 0.3) is 0 Å². The van der Waals surface area contributed by atoms with Crippen molar-refractivity contribution in [2.24, 2.45) is 0 Å². The van der Waals surface area contributed by atoms with Gasteiger partial charge in [0.05, 0.1) is 13.5 Å². The summed E-state index contributed by atoms with van der Waals surface area (Å²) in [6.07, 6.45) is 3.10. The van der Waals surface area contributed by atoms with Gasteiger partial charge in [-0.25, -0.2) is 0 Å². The predicted molar refractivity (Wildman–Crippen MR) is 53.9 cm³/mol. The van der Waals surface area contributed by atoms with Crippen molar-refractivity contribution in [1.82, 2.24) is 0 Å². The van der Waals surface area contributed by atoms with Gasteiger partial charge in [0.2, 0.25) is 0 Å². The van der Waals surface area contributed by atoms with Crippen LogP contribution in [0.2, 0.25) is 0 Å². The molecule has 1 rings (SSSR count). The molecule has 0 unspecified atom stereocenters. The summed E-state index contributed by atoms with van der Waals surface area (Å²) in [6, 6.07) is 3.98. The largest absolute Gasteiger partial charge is 0.469 e. The van der Waals surface area contributed by atoms with E-state index in [-0.39, 0.29) is 5.97 Å². The zero-order valence-corrected chi connectivity index (χ0v) is 8.39. The van der Waals surface area contributed by atoms with E-state index in [0.717, 1.165) is 11.3 Å². The van der Waals surface area contributed by atoms with Gasteiger partial charge >= 0.3 is 5.97 Å². The first-order chi connectivity index (χ1) is 6.26. The first kappa shape index (κ1) is 9.99. The average Bonchev–Trinajstić information content (AvgIpc) is 2.53. The standard InChI is InChI=1S/C10H12O2S/c1-3-4-8-5-6-9(13-8)7-10(11)12-2/h3,5-6H,1,4,7H2,2H3. The van der Waals surface area contributed by atoms with Crippen LogP contribution in [0.25, 0.3) is 0 Å². The minimum Gasteiger partial charge on any atom is -0.469 e. The second kappa shape index (κ2) is 4.82. The monoisotopic (exact) mass is 196 g/mol. The van der Waals surface area contributed by atoms with E-state index in [0.29, 0.717) is 6.42 Å². The lowest BCUT2D eigenvalue weighted by atomic mass is 10.3. The average molecular weight is 196 g/mol. The Morgan fingerprint density at radius 1 is 1.62 bits per heavy atom. The van der Waals surface area contributed by atoms with Crippen molar-refractivity contribution >= 4 is 17.3 Å². The number of methoxy groups -OCH3 is 1. The third-order valence-electron chi connectivity index (χ3n) is 1.61. The number of rotatable bonds is 4. The molecule has 1 aromatic heterocycles. The van der Waals surface area contributed by atoms with Crippen molar-refractivity contribution in [3.05, 3.63) is 34.5 Å². The van der Waals surface area contributed by atoms with Crippen LogP contribution in [0.3, 0.4) is 0 Å². The molecule has 13 heavy (non-hydrogen) atoms. The predicted octanol–water partition coefficient (Wildman–Crippen LogP) is 2.19. The van der Waals surface area contributed by atoms with Crippen molar-refractivity contribution in [2.75, 3.05) is 7.11 Å². The molecule has 0 aliphatic rings. The smallest absolute Gasteiger partial charge is 0.310 e. The zero-order chi connectivity index (χ0) is 9.68. The molecule has 0 bridgehead atoms. The minimum atomic E-state index is -0.188. The highest BCUT2D eigenvalue weighted by molar-refractivity contribution is 7.12. The van der Waals surface area contributed by atoms with Crippen LogP contribution in [0.15, 0.2) is 24.8 Å². The first-order valence-electron chi connectivity index (χ1n) is 4.01. The first-order valence-corrected chi connectivity index (χ1v) is 4.83. The summed E-state index contributed by atoms with van der Waals surface area (Å²) in [6.45, 7) is 3.66. The molecule has 0 aliphatic carbocycles. The summed E-state index contributed by atoms with van der Waals surface area (Å²) in [5.74, 6) is -0.188. The number of thiophene rings is 1. The van der Waals surface area contributed by atoms with Crippen LogP contribution < -0.4 is 0 Å². The number of esters is 1. The Bertz CT molecular complexity index is 302. The Balaban J connectivity index is 2.58. The van der Waals surface area contributed by atoms with Crippen LogP contribution in [0, 0.1) is 0 Å². The number of carbonyl (C=O) groups is 1. The van der Waals surface area contributed by atoms with Crippen molar-refractivity contribution in [3.8, 4) is 0 Å². The summed E-state index contributed by atoms with van der Waals surface area (Å²) in [5, 5.41) is 0. The van der Waals surface area contributed by atoms with Crippen LogP contribution in [0.4, 0.5) is 0 Å². The summed E-state index contributed by atoms with van der Waals surface area (Å²) in [4.78, 5) is 13.2.